The first kappa shape index (κ1) is 29.5. The maximum Gasteiger partial charge on any atom is 0.249 e. The van der Waals surface area contributed by atoms with Crippen LogP contribution in [-0.4, -0.2) is 87.6 Å². The van der Waals surface area contributed by atoms with Gasteiger partial charge in [-0.3, -0.25) is 14.4 Å². The first-order valence-electron chi connectivity index (χ1n) is 15.5. The monoisotopic (exact) mass is 563 g/mol. The summed E-state index contributed by atoms with van der Waals surface area (Å²) < 4.78 is 7.05. The Morgan fingerprint density at radius 2 is 1.56 bits per heavy atom. The summed E-state index contributed by atoms with van der Waals surface area (Å²) in [6.07, 6.45) is 13.5. The third-order valence-corrected chi connectivity index (χ3v) is 9.41. The molecule has 1 aromatic rings. The summed E-state index contributed by atoms with van der Waals surface area (Å²) in [6, 6.07) is 9.08. The number of benzene rings is 1. The van der Waals surface area contributed by atoms with Crippen molar-refractivity contribution in [1.82, 2.24) is 14.7 Å². The SMILES string of the molecule is CCCCCN1CC=C[C@]23O[C@@]4(CC)C=CCN(Cc5ccccc5)C(=O)[C@H]4[C@H]2C(=O)N(CCCCCO)C3C1=O. The number of rotatable bonds is 12. The lowest BCUT2D eigenvalue weighted by molar-refractivity contribution is -0.154. The van der Waals surface area contributed by atoms with Crippen LogP contribution in [0.15, 0.2) is 54.6 Å². The van der Waals surface area contributed by atoms with Crippen molar-refractivity contribution in [2.75, 3.05) is 32.8 Å². The third-order valence-electron chi connectivity index (χ3n) is 9.41. The molecule has 41 heavy (non-hydrogen) atoms. The van der Waals surface area contributed by atoms with Gasteiger partial charge in [-0.25, -0.2) is 0 Å². The van der Waals surface area contributed by atoms with Crippen LogP contribution in [0.4, 0.5) is 0 Å². The molecule has 2 saturated heterocycles. The zero-order valence-electron chi connectivity index (χ0n) is 24.5. The van der Waals surface area contributed by atoms with E-state index in [4.69, 9.17) is 4.74 Å². The topological polar surface area (TPSA) is 90.4 Å². The molecule has 0 aromatic heterocycles. The Morgan fingerprint density at radius 3 is 2.29 bits per heavy atom. The lowest BCUT2D eigenvalue weighted by atomic mass is 9.73. The highest BCUT2D eigenvalue weighted by atomic mass is 16.5. The van der Waals surface area contributed by atoms with Gasteiger partial charge in [-0.15, -0.1) is 0 Å². The number of nitrogens with zero attached hydrogens (tertiary/aromatic N) is 3. The predicted octanol–water partition coefficient (Wildman–Crippen LogP) is 3.70. The van der Waals surface area contributed by atoms with Crippen molar-refractivity contribution in [3.63, 3.8) is 0 Å². The number of ether oxygens (including phenoxy) is 1. The largest absolute Gasteiger partial charge is 0.396 e. The maximum atomic E-state index is 14.5. The molecule has 5 rings (SSSR count). The molecule has 5 atom stereocenters. The molecule has 4 aliphatic heterocycles. The molecule has 4 aliphatic rings. The molecule has 1 spiro atoms. The van der Waals surface area contributed by atoms with E-state index in [1.54, 1.807) is 4.90 Å². The van der Waals surface area contributed by atoms with Crippen molar-refractivity contribution in [2.45, 2.75) is 82.6 Å². The van der Waals surface area contributed by atoms with Gasteiger partial charge in [-0.2, -0.15) is 0 Å². The van der Waals surface area contributed by atoms with Gasteiger partial charge in [-0.1, -0.05) is 81.3 Å². The lowest BCUT2D eigenvalue weighted by Gasteiger charge is -2.38. The number of fused-ring (bicyclic) bond motifs is 2. The minimum absolute atomic E-state index is 0.0932. The summed E-state index contributed by atoms with van der Waals surface area (Å²) in [7, 11) is 0. The molecule has 8 nitrogen and oxygen atoms in total. The van der Waals surface area contributed by atoms with E-state index in [1.807, 2.05) is 71.4 Å². The molecular formula is C33H45N3O5. The Hall–Kier alpha value is -2.97. The molecule has 222 valence electrons. The van der Waals surface area contributed by atoms with Gasteiger partial charge in [0.05, 0.1) is 17.4 Å². The van der Waals surface area contributed by atoms with Crippen LogP contribution in [0.2, 0.25) is 0 Å². The van der Waals surface area contributed by atoms with Gasteiger partial charge in [0.15, 0.2) is 0 Å². The van der Waals surface area contributed by atoms with Crippen LogP contribution in [0, 0.1) is 11.8 Å². The summed E-state index contributed by atoms with van der Waals surface area (Å²) in [5.41, 5.74) is -1.15. The second kappa shape index (κ2) is 12.5. The molecule has 4 heterocycles. The molecule has 1 N–H and O–H groups in total. The van der Waals surface area contributed by atoms with Gasteiger partial charge >= 0.3 is 0 Å². The van der Waals surface area contributed by atoms with E-state index >= 15 is 0 Å². The Morgan fingerprint density at radius 1 is 0.829 bits per heavy atom. The quantitative estimate of drug-likeness (QED) is 0.310. The molecule has 1 unspecified atom stereocenters. The fraction of sp³-hybridized carbons (Fsp3) is 0.606. The van der Waals surface area contributed by atoms with E-state index in [1.165, 1.54) is 0 Å². The predicted molar refractivity (Wildman–Crippen MR) is 156 cm³/mol. The van der Waals surface area contributed by atoms with Gasteiger partial charge < -0.3 is 24.5 Å². The molecule has 0 bridgehead atoms. The number of likely N-dealkylation sites (tertiary alicyclic amines) is 1. The summed E-state index contributed by atoms with van der Waals surface area (Å²) in [5.74, 6) is -1.87. The van der Waals surface area contributed by atoms with E-state index in [0.29, 0.717) is 52.0 Å². The Kier molecular flexibility index (Phi) is 9.00. The number of carbonyl (C=O) groups is 3. The average Bonchev–Trinajstić information content (AvgIpc) is 3.27. The second-order valence-electron chi connectivity index (χ2n) is 11.9. The minimum atomic E-state index is -1.21. The van der Waals surface area contributed by atoms with Gasteiger partial charge in [0, 0.05) is 39.3 Å². The number of amides is 3. The van der Waals surface area contributed by atoms with Gasteiger partial charge in [0.2, 0.25) is 17.7 Å². The van der Waals surface area contributed by atoms with E-state index in [0.717, 1.165) is 31.2 Å². The fourth-order valence-corrected chi connectivity index (χ4v) is 7.37. The summed E-state index contributed by atoms with van der Waals surface area (Å²) in [6.45, 7) is 6.63. The molecule has 2 fully saturated rings. The number of carbonyl (C=O) groups excluding carboxylic acids is 3. The van der Waals surface area contributed by atoms with E-state index in [2.05, 4.69) is 6.92 Å². The van der Waals surface area contributed by atoms with E-state index in [-0.39, 0.29) is 24.3 Å². The van der Waals surface area contributed by atoms with Crippen LogP contribution in [0.25, 0.3) is 0 Å². The van der Waals surface area contributed by atoms with Crippen LogP contribution in [0.1, 0.15) is 64.4 Å². The molecule has 1 aromatic carbocycles. The normalized spacial score (nSPS) is 30.9. The van der Waals surface area contributed by atoms with Crippen molar-refractivity contribution in [2.24, 2.45) is 11.8 Å². The zero-order chi connectivity index (χ0) is 29.0. The Balaban J connectivity index is 1.54. The number of hydrogen-bond acceptors (Lipinski definition) is 5. The van der Waals surface area contributed by atoms with Crippen molar-refractivity contribution >= 4 is 17.7 Å². The highest BCUT2D eigenvalue weighted by Gasteiger charge is 2.75. The molecule has 0 radical (unpaired) electrons. The van der Waals surface area contributed by atoms with Crippen LogP contribution in [-0.2, 0) is 25.7 Å². The average molecular weight is 564 g/mol. The number of aliphatic hydroxyl groups excluding tert-OH is 1. The standard InChI is InChI=1S/C33H45N3O5/c1-3-5-10-19-34-20-14-18-33-27(30(39)36(28(33)31(34)40)22-11-7-12-23-37)26-29(38)35(24-25-15-8-6-9-16-25)21-13-17-32(26,4-2)41-33/h6,8-9,13-18,26-28,37H,3-5,7,10-12,19-24H2,1-2H3/t26-,27+,28?,32+,33+/m1/s1. The van der Waals surface area contributed by atoms with Crippen molar-refractivity contribution in [3.8, 4) is 0 Å². The smallest absolute Gasteiger partial charge is 0.249 e. The zero-order valence-corrected chi connectivity index (χ0v) is 24.5. The van der Waals surface area contributed by atoms with Crippen LogP contribution < -0.4 is 0 Å². The van der Waals surface area contributed by atoms with Gasteiger partial charge in [0.25, 0.3) is 0 Å². The number of aliphatic hydroxyl groups is 1. The molecular weight excluding hydrogens is 518 g/mol. The Labute approximate surface area is 244 Å². The van der Waals surface area contributed by atoms with Crippen LogP contribution in [0.3, 0.4) is 0 Å². The van der Waals surface area contributed by atoms with E-state index in [9.17, 15) is 19.5 Å². The van der Waals surface area contributed by atoms with Crippen LogP contribution in [0.5, 0.6) is 0 Å². The summed E-state index contributed by atoms with van der Waals surface area (Å²) in [4.78, 5) is 48.6. The van der Waals surface area contributed by atoms with Crippen molar-refractivity contribution in [1.29, 1.82) is 0 Å². The number of unbranched alkanes of at least 4 members (excludes halogenated alkanes) is 4. The van der Waals surface area contributed by atoms with Crippen molar-refractivity contribution < 1.29 is 24.2 Å². The molecule has 3 amide bonds. The first-order chi connectivity index (χ1) is 19.9. The first-order valence-corrected chi connectivity index (χ1v) is 15.5. The lowest BCUT2D eigenvalue weighted by Crippen LogP contribution is -2.56. The summed E-state index contributed by atoms with van der Waals surface area (Å²) >= 11 is 0. The van der Waals surface area contributed by atoms with Crippen molar-refractivity contribution in [3.05, 3.63) is 60.2 Å². The maximum absolute atomic E-state index is 14.5. The highest BCUT2D eigenvalue weighted by Crippen LogP contribution is 2.58. The van der Waals surface area contributed by atoms with Gasteiger partial charge in [0.1, 0.15) is 11.6 Å². The summed E-state index contributed by atoms with van der Waals surface area (Å²) in [5, 5.41) is 9.30. The molecule has 0 aliphatic carbocycles. The molecule has 8 heteroatoms. The van der Waals surface area contributed by atoms with E-state index < -0.39 is 29.1 Å². The molecule has 0 saturated carbocycles. The fourth-order valence-electron chi connectivity index (χ4n) is 7.37. The number of hydrogen-bond donors (Lipinski definition) is 1. The second-order valence-corrected chi connectivity index (χ2v) is 11.9. The highest BCUT2D eigenvalue weighted by molar-refractivity contribution is 6.00. The third kappa shape index (κ3) is 5.25. The van der Waals surface area contributed by atoms with Gasteiger partial charge in [-0.05, 0) is 37.7 Å². The minimum Gasteiger partial charge on any atom is -0.396 e. The Bertz CT molecular complexity index is 1170. The van der Waals surface area contributed by atoms with Crippen LogP contribution >= 0.6 is 0 Å².